The third kappa shape index (κ3) is 3.69. The average Bonchev–Trinajstić information content (AvgIpc) is 3.21. The average molecular weight is 354 g/mol. The summed E-state index contributed by atoms with van der Waals surface area (Å²) in [7, 11) is 0. The first-order chi connectivity index (χ1) is 11.7. The first kappa shape index (κ1) is 17.9. The Hall–Kier alpha value is -1.93. The van der Waals surface area contributed by atoms with Gasteiger partial charge in [-0.2, -0.15) is 18.2 Å². The monoisotopic (exact) mass is 354 g/mol. The smallest absolute Gasteiger partial charge is 0.337 e. The van der Waals surface area contributed by atoms with Crippen molar-refractivity contribution in [3.05, 3.63) is 35.7 Å². The van der Waals surface area contributed by atoms with Crippen molar-refractivity contribution in [3.8, 4) is 11.4 Å². The minimum absolute atomic E-state index is 0.0676. The summed E-state index contributed by atoms with van der Waals surface area (Å²) in [4.78, 5) is 6.51. The highest BCUT2D eigenvalue weighted by Gasteiger charge is 2.36. The van der Waals surface area contributed by atoms with E-state index in [0.29, 0.717) is 12.4 Å². The van der Waals surface area contributed by atoms with Crippen molar-refractivity contribution in [1.82, 2.24) is 15.0 Å². The molecule has 0 radical (unpaired) electrons. The van der Waals surface area contributed by atoms with Gasteiger partial charge in [-0.1, -0.05) is 24.2 Å². The summed E-state index contributed by atoms with van der Waals surface area (Å²) in [5.74, 6) is 0.558. The van der Waals surface area contributed by atoms with E-state index in [1.54, 1.807) is 0 Å². The van der Waals surface area contributed by atoms with Crippen molar-refractivity contribution in [2.45, 2.75) is 32.5 Å². The normalized spacial score (nSPS) is 23.1. The molecule has 2 atom stereocenters. The molecule has 1 fully saturated rings. The number of nitrogens with two attached hydrogens (primary N) is 1. The van der Waals surface area contributed by atoms with Gasteiger partial charge in [0.25, 0.3) is 0 Å². The van der Waals surface area contributed by atoms with Crippen LogP contribution in [0, 0.1) is 5.41 Å². The lowest BCUT2D eigenvalue weighted by Crippen LogP contribution is -2.32. The molecule has 3 rings (SSSR count). The van der Waals surface area contributed by atoms with Gasteiger partial charge in [-0.25, -0.2) is 0 Å². The van der Waals surface area contributed by atoms with E-state index in [2.05, 4.69) is 22.0 Å². The molecule has 136 valence electrons. The van der Waals surface area contributed by atoms with Crippen LogP contribution in [0.3, 0.4) is 0 Å². The highest BCUT2D eigenvalue weighted by molar-refractivity contribution is 5.55. The lowest BCUT2D eigenvalue weighted by Gasteiger charge is -2.25. The number of nitrogens with zero attached hydrogens (tertiary/aromatic N) is 3. The summed E-state index contributed by atoms with van der Waals surface area (Å²) in [5.41, 5.74) is 5.45. The zero-order valence-corrected chi connectivity index (χ0v) is 14.2. The Morgan fingerprint density at radius 3 is 2.80 bits per heavy atom. The van der Waals surface area contributed by atoms with E-state index < -0.39 is 11.7 Å². The number of alkyl halides is 3. The second kappa shape index (κ2) is 6.42. The second-order valence-electron chi connectivity index (χ2n) is 6.95. The Labute approximate surface area is 144 Å². The molecule has 2 unspecified atom stereocenters. The molecule has 2 heterocycles. The first-order valence-corrected chi connectivity index (χ1v) is 8.17. The van der Waals surface area contributed by atoms with Crippen LogP contribution in [0.15, 0.2) is 28.8 Å². The molecular weight excluding hydrogens is 333 g/mol. The Kier molecular flexibility index (Phi) is 4.59. The Morgan fingerprint density at radius 1 is 1.40 bits per heavy atom. The van der Waals surface area contributed by atoms with Gasteiger partial charge in [0.1, 0.15) is 0 Å². The van der Waals surface area contributed by atoms with E-state index in [0.717, 1.165) is 31.6 Å². The molecule has 1 aromatic heterocycles. The highest BCUT2D eigenvalue weighted by Crippen LogP contribution is 2.35. The van der Waals surface area contributed by atoms with Crippen molar-refractivity contribution >= 4 is 0 Å². The molecular formula is C17H21F3N4O. The van der Waals surface area contributed by atoms with Gasteiger partial charge in [0.15, 0.2) is 0 Å². The maximum absolute atomic E-state index is 12.8. The predicted molar refractivity (Wildman–Crippen MR) is 86.5 cm³/mol. The van der Waals surface area contributed by atoms with Crippen molar-refractivity contribution in [2.24, 2.45) is 11.1 Å². The summed E-state index contributed by atoms with van der Waals surface area (Å²) < 4.78 is 43.8. The van der Waals surface area contributed by atoms with Crippen LogP contribution in [0.1, 0.15) is 37.8 Å². The van der Waals surface area contributed by atoms with Gasteiger partial charge in [0.05, 0.1) is 11.6 Å². The van der Waals surface area contributed by atoms with Gasteiger partial charge in [0, 0.05) is 12.1 Å². The molecule has 0 bridgehead atoms. The third-order valence-corrected chi connectivity index (χ3v) is 4.88. The zero-order chi connectivity index (χ0) is 18.2. The van der Waals surface area contributed by atoms with Gasteiger partial charge in [-0.3, -0.25) is 4.90 Å². The third-order valence-electron chi connectivity index (χ3n) is 4.88. The summed E-state index contributed by atoms with van der Waals surface area (Å²) in [6.45, 7) is 6.39. The van der Waals surface area contributed by atoms with Crippen LogP contribution in [-0.2, 0) is 6.18 Å². The van der Waals surface area contributed by atoms with Crippen LogP contribution < -0.4 is 5.73 Å². The zero-order valence-electron chi connectivity index (χ0n) is 14.2. The highest BCUT2D eigenvalue weighted by atomic mass is 19.4. The fourth-order valence-corrected chi connectivity index (χ4v) is 3.07. The summed E-state index contributed by atoms with van der Waals surface area (Å²) >= 11 is 0. The minimum Gasteiger partial charge on any atom is -0.337 e. The summed E-state index contributed by atoms with van der Waals surface area (Å²) in [6.07, 6.45) is -3.42. The standard InChI is InChI=1S/C17H21F3N4O/c1-11(24-7-6-16(2,9-21)10-24)15-22-14(23-25-15)12-4-3-5-13(8-12)17(18,19)20/h3-5,8,11H,6-7,9-10,21H2,1-2H3. The van der Waals surface area contributed by atoms with E-state index in [4.69, 9.17) is 10.3 Å². The van der Waals surface area contributed by atoms with Crippen molar-refractivity contribution < 1.29 is 17.7 Å². The van der Waals surface area contributed by atoms with E-state index in [-0.39, 0.29) is 22.8 Å². The molecule has 25 heavy (non-hydrogen) atoms. The SMILES string of the molecule is CC(c1nc(-c2cccc(C(F)(F)F)c2)no1)N1CCC(C)(CN)C1. The number of hydrogen-bond donors (Lipinski definition) is 1. The van der Waals surface area contributed by atoms with E-state index in [1.807, 2.05) is 6.92 Å². The minimum atomic E-state index is -4.40. The maximum Gasteiger partial charge on any atom is 0.416 e. The van der Waals surface area contributed by atoms with Gasteiger partial charge in [-0.05, 0) is 44.0 Å². The van der Waals surface area contributed by atoms with Crippen LogP contribution in [0.25, 0.3) is 11.4 Å². The van der Waals surface area contributed by atoms with Crippen LogP contribution in [0.4, 0.5) is 13.2 Å². The van der Waals surface area contributed by atoms with Crippen LogP contribution >= 0.6 is 0 Å². The molecule has 2 aromatic rings. The van der Waals surface area contributed by atoms with E-state index in [1.165, 1.54) is 12.1 Å². The lowest BCUT2D eigenvalue weighted by molar-refractivity contribution is -0.137. The maximum atomic E-state index is 12.8. The summed E-state index contributed by atoms with van der Waals surface area (Å²) in [6, 6.07) is 4.81. The fourth-order valence-electron chi connectivity index (χ4n) is 3.07. The molecule has 0 spiro atoms. The quantitative estimate of drug-likeness (QED) is 0.910. The van der Waals surface area contributed by atoms with Gasteiger partial charge < -0.3 is 10.3 Å². The van der Waals surface area contributed by atoms with Gasteiger partial charge in [-0.15, -0.1) is 0 Å². The van der Waals surface area contributed by atoms with Gasteiger partial charge >= 0.3 is 6.18 Å². The van der Waals surface area contributed by atoms with Crippen LogP contribution in [0.2, 0.25) is 0 Å². The number of rotatable bonds is 4. The Morgan fingerprint density at radius 2 is 2.16 bits per heavy atom. The topological polar surface area (TPSA) is 68.2 Å². The molecule has 5 nitrogen and oxygen atoms in total. The number of likely N-dealkylation sites (tertiary alicyclic amines) is 1. The summed E-state index contributed by atoms with van der Waals surface area (Å²) in [5, 5.41) is 3.85. The first-order valence-electron chi connectivity index (χ1n) is 8.17. The van der Waals surface area contributed by atoms with Gasteiger partial charge in [0.2, 0.25) is 11.7 Å². The number of benzene rings is 1. The van der Waals surface area contributed by atoms with Crippen LogP contribution in [-0.4, -0.2) is 34.7 Å². The Balaban J connectivity index is 1.79. The molecule has 1 aromatic carbocycles. The molecule has 0 amide bonds. The molecule has 2 N–H and O–H groups in total. The molecule has 1 aliphatic rings. The fraction of sp³-hybridized carbons (Fsp3) is 0.529. The number of halogens is 3. The predicted octanol–water partition coefficient (Wildman–Crippen LogP) is 3.49. The van der Waals surface area contributed by atoms with Crippen LogP contribution in [0.5, 0.6) is 0 Å². The number of aromatic nitrogens is 2. The molecule has 0 saturated carbocycles. The van der Waals surface area contributed by atoms with E-state index >= 15 is 0 Å². The Bertz CT molecular complexity index is 745. The molecule has 8 heteroatoms. The van der Waals surface area contributed by atoms with Crippen molar-refractivity contribution in [2.75, 3.05) is 19.6 Å². The lowest BCUT2D eigenvalue weighted by atomic mass is 9.90. The molecule has 1 aliphatic heterocycles. The second-order valence-corrected chi connectivity index (χ2v) is 6.95. The molecule has 0 aliphatic carbocycles. The van der Waals surface area contributed by atoms with E-state index in [9.17, 15) is 13.2 Å². The number of hydrogen-bond acceptors (Lipinski definition) is 5. The largest absolute Gasteiger partial charge is 0.416 e. The van der Waals surface area contributed by atoms with Crippen molar-refractivity contribution in [1.29, 1.82) is 0 Å². The van der Waals surface area contributed by atoms with Crippen molar-refractivity contribution in [3.63, 3.8) is 0 Å². The molecule has 1 saturated heterocycles.